The molecular weight excluding hydrogens is 371 g/mol. The fourth-order valence-corrected chi connectivity index (χ4v) is 2.21. The van der Waals surface area contributed by atoms with Crippen LogP contribution in [0.25, 0.3) is 0 Å². The molecule has 20 heavy (non-hydrogen) atoms. The highest BCUT2D eigenvalue weighted by Gasteiger charge is 2.13. The normalized spacial score (nSPS) is 10.4. The summed E-state index contributed by atoms with van der Waals surface area (Å²) in [5.74, 6) is -0.929. The van der Waals surface area contributed by atoms with Crippen molar-refractivity contribution in [2.45, 2.75) is 6.92 Å². The number of carboxylic acids is 1. The average molecular weight is 378 g/mol. The van der Waals surface area contributed by atoms with Crippen LogP contribution in [0.4, 0.5) is 0 Å². The van der Waals surface area contributed by atoms with E-state index in [1.165, 1.54) is 12.1 Å². The maximum absolute atomic E-state index is 10.9. The summed E-state index contributed by atoms with van der Waals surface area (Å²) in [5, 5.41) is 9.63. The SMILES string of the molecule is Cc1cc(C(=O)O)nc(Oc2cc(Cl)c(Br)cc2Cl)n1. The van der Waals surface area contributed by atoms with Crippen LogP contribution in [-0.4, -0.2) is 21.0 Å². The van der Waals surface area contributed by atoms with Crippen molar-refractivity contribution in [3.05, 3.63) is 44.1 Å². The minimum absolute atomic E-state index is 0.109. The Morgan fingerprint density at radius 1 is 1.25 bits per heavy atom. The first-order chi connectivity index (χ1) is 9.36. The van der Waals surface area contributed by atoms with Crippen LogP contribution in [0.3, 0.4) is 0 Å². The molecule has 104 valence electrons. The average Bonchev–Trinajstić information content (AvgIpc) is 2.35. The van der Waals surface area contributed by atoms with E-state index < -0.39 is 5.97 Å². The van der Waals surface area contributed by atoms with Crippen LogP contribution < -0.4 is 4.74 Å². The molecule has 0 radical (unpaired) electrons. The lowest BCUT2D eigenvalue weighted by molar-refractivity contribution is 0.0689. The third-order valence-electron chi connectivity index (χ3n) is 2.23. The number of carbonyl (C=O) groups is 1. The van der Waals surface area contributed by atoms with Gasteiger partial charge in [0, 0.05) is 16.2 Å². The van der Waals surface area contributed by atoms with Gasteiger partial charge in [-0.05, 0) is 35.0 Å². The second-order valence-corrected chi connectivity index (χ2v) is 5.45. The zero-order chi connectivity index (χ0) is 14.9. The highest BCUT2D eigenvalue weighted by atomic mass is 79.9. The van der Waals surface area contributed by atoms with Crippen LogP contribution in [0.2, 0.25) is 10.0 Å². The number of aryl methyl sites for hydroxylation is 1. The Morgan fingerprint density at radius 3 is 2.60 bits per heavy atom. The van der Waals surface area contributed by atoms with Crippen molar-refractivity contribution in [2.24, 2.45) is 0 Å². The molecule has 0 spiro atoms. The van der Waals surface area contributed by atoms with E-state index in [1.54, 1.807) is 13.0 Å². The number of halogens is 3. The largest absolute Gasteiger partial charge is 0.477 e. The van der Waals surface area contributed by atoms with Gasteiger partial charge in [0.25, 0.3) is 0 Å². The van der Waals surface area contributed by atoms with Gasteiger partial charge in [0.2, 0.25) is 0 Å². The van der Waals surface area contributed by atoms with Crippen molar-refractivity contribution in [3.63, 3.8) is 0 Å². The van der Waals surface area contributed by atoms with Crippen molar-refractivity contribution >= 4 is 45.1 Å². The molecule has 0 saturated heterocycles. The summed E-state index contributed by atoms with van der Waals surface area (Å²) in [7, 11) is 0. The monoisotopic (exact) mass is 376 g/mol. The number of benzene rings is 1. The number of aromatic carboxylic acids is 1. The first-order valence-electron chi connectivity index (χ1n) is 5.28. The first-order valence-corrected chi connectivity index (χ1v) is 6.83. The molecule has 8 heteroatoms. The van der Waals surface area contributed by atoms with Gasteiger partial charge in [0.1, 0.15) is 0 Å². The fraction of sp³-hybridized carbons (Fsp3) is 0.0833. The fourth-order valence-electron chi connectivity index (χ4n) is 1.38. The maximum atomic E-state index is 10.9. The van der Waals surface area contributed by atoms with E-state index in [0.29, 0.717) is 20.2 Å². The molecule has 0 saturated carbocycles. The Kier molecular flexibility index (Phi) is 4.47. The number of nitrogens with zero attached hydrogens (tertiary/aromatic N) is 2. The predicted octanol–water partition coefficient (Wildman–Crippen LogP) is 4.34. The number of aromatic nitrogens is 2. The van der Waals surface area contributed by atoms with Crippen molar-refractivity contribution in [1.82, 2.24) is 9.97 Å². The minimum Gasteiger partial charge on any atom is -0.477 e. The van der Waals surface area contributed by atoms with Crippen molar-refractivity contribution < 1.29 is 14.6 Å². The summed E-state index contributed by atoms with van der Waals surface area (Å²) in [6.07, 6.45) is 0. The molecule has 0 aliphatic heterocycles. The Bertz CT molecular complexity index is 695. The van der Waals surface area contributed by atoms with E-state index in [1.807, 2.05) is 0 Å². The topological polar surface area (TPSA) is 72.3 Å². The summed E-state index contributed by atoms with van der Waals surface area (Å²) in [5.41, 5.74) is 0.304. The molecule has 0 fully saturated rings. The molecule has 0 amide bonds. The van der Waals surface area contributed by atoms with Gasteiger partial charge in [-0.3, -0.25) is 0 Å². The summed E-state index contributed by atoms with van der Waals surface area (Å²) in [4.78, 5) is 18.7. The van der Waals surface area contributed by atoms with Crippen molar-refractivity contribution in [2.75, 3.05) is 0 Å². The summed E-state index contributed by atoms with van der Waals surface area (Å²) in [6.45, 7) is 1.64. The highest BCUT2D eigenvalue weighted by Crippen LogP contribution is 2.35. The Morgan fingerprint density at radius 2 is 1.95 bits per heavy atom. The van der Waals surface area contributed by atoms with Crippen LogP contribution in [0.5, 0.6) is 11.8 Å². The molecule has 1 heterocycles. The van der Waals surface area contributed by atoms with Gasteiger partial charge in [0.05, 0.1) is 10.0 Å². The molecule has 0 bridgehead atoms. The zero-order valence-corrected chi connectivity index (χ0v) is 13.1. The smallest absolute Gasteiger partial charge is 0.354 e. The Hall–Kier alpha value is -1.37. The van der Waals surface area contributed by atoms with Gasteiger partial charge in [-0.15, -0.1) is 0 Å². The number of rotatable bonds is 3. The summed E-state index contributed by atoms with van der Waals surface area (Å²) in [6, 6.07) is 4.28. The van der Waals surface area contributed by atoms with E-state index in [9.17, 15) is 4.79 Å². The number of carboxylic acid groups (broad SMARTS) is 1. The third-order valence-corrected chi connectivity index (χ3v) is 3.72. The lowest BCUT2D eigenvalue weighted by Gasteiger charge is -2.08. The molecule has 0 aliphatic carbocycles. The summed E-state index contributed by atoms with van der Waals surface area (Å²) < 4.78 is 6.01. The quantitative estimate of drug-likeness (QED) is 0.805. The standard InChI is InChI=1S/C12H7BrCl2N2O3/c1-5-2-9(11(18)19)17-12(16-5)20-10-4-7(14)6(13)3-8(10)15/h2-4H,1H3,(H,18,19). The van der Waals surface area contributed by atoms with Gasteiger partial charge >= 0.3 is 12.0 Å². The molecule has 2 aromatic rings. The minimum atomic E-state index is -1.17. The van der Waals surface area contributed by atoms with E-state index in [2.05, 4.69) is 25.9 Å². The zero-order valence-electron chi connectivity index (χ0n) is 10.0. The third kappa shape index (κ3) is 3.39. The number of ether oxygens (including phenoxy) is 1. The highest BCUT2D eigenvalue weighted by molar-refractivity contribution is 9.10. The van der Waals surface area contributed by atoms with E-state index >= 15 is 0 Å². The van der Waals surface area contributed by atoms with E-state index in [-0.39, 0.29) is 17.5 Å². The molecule has 2 rings (SSSR count). The lowest BCUT2D eigenvalue weighted by Crippen LogP contribution is -2.04. The maximum Gasteiger partial charge on any atom is 0.354 e. The van der Waals surface area contributed by atoms with E-state index in [4.69, 9.17) is 33.0 Å². The number of hydrogen-bond donors (Lipinski definition) is 1. The van der Waals surface area contributed by atoms with Crippen molar-refractivity contribution in [1.29, 1.82) is 0 Å². The van der Waals surface area contributed by atoms with Crippen molar-refractivity contribution in [3.8, 4) is 11.8 Å². The van der Waals surface area contributed by atoms with Gasteiger partial charge in [-0.2, -0.15) is 4.98 Å². The van der Waals surface area contributed by atoms with Crippen LogP contribution in [-0.2, 0) is 0 Å². The molecule has 0 aliphatic rings. The van der Waals surface area contributed by atoms with E-state index in [0.717, 1.165) is 0 Å². The van der Waals surface area contributed by atoms with Gasteiger partial charge < -0.3 is 9.84 Å². The Balaban J connectivity index is 2.40. The van der Waals surface area contributed by atoms with Gasteiger partial charge in [-0.25, -0.2) is 9.78 Å². The van der Waals surface area contributed by atoms with Crippen LogP contribution in [0, 0.1) is 6.92 Å². The summed E-state index contributed by atoms with van der Waals surface area (Å²) >= 11 is 15.2. The molecule has 1 aromatic heterocycles. The first kappa shape index (κ1) is 15.0. The van der Waals surface area contributed by atoms with Gasteiger partial charge in [-0.1, -0.05) is 23.2 Å². The van der Waals surface area contributed by atoms with Crippen LogP contribution in [0.15, 0.2) is 22.7 Å². The second kappa shape index (κ2) is 5.95. The van der Waals surface area contributed by atoms with Crippen LogP contribution >= 0.6 is 39.1 Å². The molecular formula is C12H7BrCl2N2O3. The molecule has 1 aromatic carbocycles. The number of hydrogen-bond acceptors (Lipinski definition) is 4. The molecule has 0 unspecified atom stereocenters. The Labute approximate surface area is 132 Å². The molecule has 1 N–H and O–H groups in total. The second-order valence-electron chi connectivity index (χ2n) is 3.78. The molecule has 0 atom stereocenters. The lowest BCUT2D eigenvalue weighted by atomic mass is 10.3. The predicted molar refractivity (Wildman–Crippen MR) is 78.0 cm³/mol. The van der Waals surface area contributed by atoms with Crippen LogP contribution in [0.1, 0.15) is 16.2 Å². The molecule has 5 nitrogen and oxygen atoms in total. The van der Waals surface area contributed by atoms with Gasteiger partial charge in [0.15, 0.2) is 11.4 Å².